The number of hydrogen-bond donors (Lipinski definition) is 1. The molecule has 3 heteroatoms. The van der Waals surface area contributed by atoms with Gasteiger partial charge in [-0.2, -0.15) is 0 Å². The first kappa shape index (κ1) is 12.9. The van der Waals surface area contributed by atoms with Crippen molar-refractivity contribution >= 4 is 11.2 Å². The van der Waals surface area contributed by atoms with E-state index in [-0.39, 0.29) is 5.41 Å². The molecular weight excluding hydrogens is 246 g/mol. The molecule has 102 valence electrons. The number of aryl methyl sites for hydroxylation is 1. The largest absolute Gasteiger partial charge is 0.337 e. The van der Waals surface area contributed by atoms with Crippen LogP contribution in [0.5, 0.6) is 0 Å². The minimum absolute atomic E-state index is 0.172. The first-order valence-electron chi connectivity index (χ1n) is 6.87. The van der Waals surface area contributed by atoms with Gasteiger partial charge in [0.1, 0.15) is 5.82 Å². The van der Waals surface area contributed by atoms with Gasteiger partial charge in [-0.3, -0.25) is 0 Å². The molecule has 0 aliphatic heterocycles. The van der Waals surface area contributed by atoms with Crippen LogP contribution in [0.3, 0.4) is 0 Å². The Labute approximate surface area is 119 Å². The number of aromatic amines is 1. The third-order valence-corrected chi connectivity index (χ3v) is 3.50. The summed E-state index contributed by atoms with van der Waals surface area (Å²) in [6.07, 6.45) is 1.84. The summed E-state index contributed by atoms with van der Waals surface area (Å²) in [5, 5.41) is 0. The minimum Gasteiger partial charge on any atom is -0.337 e. The number of nitrogens with one attached hydrogen (secondary N) is 1. The first-order valence-corrected chi connectivity index (χ1v) is 6.87. The third kappa shape index (κ3) is 2.31. The molecule has 3 rings (SSSR count). The zero-order valence-electron chi connectivity index (χ0n) is 12.4. The summed E-state index contributed by atoms with van der Waals surface area (Å²) in [6.45, 7) is 8.69. The molecule has 0 aliphatic carbocycles. The van der Waals surface area contributed by atoms with E-state index in [0.29, 0.717) is 0 Å². The van der Waals surface area contributed by atoms with Crippen molar-refractivity contribution < 1.29 is 0 Å². The van der Waals surface area contributed by atoms with Crippen LogP contribution < -0.4 is 0 Å². The number of pyridine rings is 1. The van der Waals surface area contributed by atoms with Gasteiger partial charge in [-0.05, 0) is 29.5 Å². The molecule has 0 atom stereocenters. The summed E-state index contributed by atoms with van der Waals surface area (Å²) < 4.78 is 0. The second-order valence-corrected chi connectivity index (χ2v) is 6.30. The van der Waals surface area contributed by atoms with E-state index in [9.17, 15) is 0 Å². The van der Waals surface area contributed by atoms with Crippen LogP contribution in [0, 0.1) is 6.92 Å². The third-order valence-electron chi connectivity index (χ3n) is 3.50. The van der Waals surface area contributed by atoms with Crippen molar-refractivity contribution in [3.05, 3.63) is 47.7 Å². The second-order valence-electron chi connectivity index (χ2n) is 6.30. The number of imidazole rings is 1. The Kier molecular flexibility index (Phi) is 2.85. The predicted octanol–water partition coefficient (Wildman–Crippen LogP) is 4.23. The molecular formula is C17H19N3. The van der Waals surface area contributed by atoms with Crippen LogP contribution in [-0.4, -0.2) is 15.0 Å². The van der Waals surface area contributed by atoms with Gasteiger partial charge in [-0.25, -0.2) is 9.97 Å². The molecule has 1 N–H and O–H groups in total. The fraction of sp³-hybridized carbons (Fsp3) is 0.294. The molecule has 3 aromatic rings. The van der Waals surface area contributed by atoms with Crippen LogP contribution in [0.15, 0.2) is 36.5 Å². The van der Waals surface area contributed by atoms with Gasteiger partial charge in [-0.15, -0.1) is 0 Å². The van der Waals surface area contributed by atoms with E-state index in [1.54, 1.807) is 0 Å². The van der Waals surface area contributed by atoms with Gasteiger partial charge in [0.2, 0.25) is 0 Å². The van der Waals surface area contributed by atoms with Crippen molar-refractivity contribution in [1.82, 2.24) is 15.0 Å². The van der Waals surface area contributed by atoms with Crippen LogP contribution in [0.1, 0.15) is 31.9 Å². The monoisotopic (exact) mass is 265 g/mol. The van der Waals surface area contributed by atoms with Gasteiger partial charge in [0.15, 0.2) is 5.65 Å². The van der Waals surface area contributed by atoms with Crippen molar-refractivity contribution in [1.29, 1.82) is 0 Å². The van der Waals surface area contributed by atoms with Gasteiger partial charge >= 0.3 is 0 Å². The van der Waals surface area contributed by atoms with Crippen molar-refractivity contribution in [3.63, 3.8) is 0 Å². The average molecular weight is 265 g/mol. The number of rotatable bonds is 1. The van der Waals surface area contributed by atoms with Crippen LogP contribution in [0.4, 0.5) is 0 Å². The van der Waals surface area contributed by atoms with E-state index < -0.39 is 0 Å². The number of benzene rings is 1. The molecule has 1 aromatic carbocycles. The van der Waals surface area contributed by atoms with Crippen LogP contribution in [0.2, 0.25) is 0 Å². The topological polar surface area (TPSA) is 41.6 Å². The summed E-state index contributed by atoms with van der Waals surface area (Å²) in [5.41, 5.74) is 5.48. The highest BCUT2D eigenvalue weighted by molar-refractivity contribution is 5.76. The summed E-state index contributed by atoms with van der Waals surface area (Å²) in [7, 11) is 0. The maximum atomic E-state index is 4.55. The lowest BCUT2D eigenvalue weighted by Crippen LogP contribution is -2.10. The number of H-pyrrole nitrogens is 1. The molecule has 0 saturated carbocycles. The fourth-order valence-corrected chi connectivity index (χ4v) is 2.27. The van der Waals surface area contributed by atoms with E-state index in [1.165, 1.54) is 5.56 Å². The molecule has 3 nitrogen and oxygen atoms in total. The number of hydrogen-bond acceptors (Lipinski definition) is 2. The Morgan fingerprint density at radius 1 is 1.05 bits per heavy atom. The summed E-state index contributed by atoms with van der Waals surface area (Å²) >= 11 is 0. The average Bonchev–Trinajstić information content (AvgIpc) is 2.80. The minimum atomic E-state index is 0.172. The van der Waals surface area contributed by atoms with Crippen molar-refractivity contribution in [2.45, 2.75) is 33.1 Å². The van der Waals surface area contributed by atoms with Gasteiger partial charge in [-0.1, -0.05) is 45.0 Å². The number of aromatic nitrogens is 3. The lowest BCUT2D eigenvalue weighted by Gasteiger charge is -2.18. The van der Waals surface area contributed by atoms with E-state index in [1.807, 2.05) is 13.1 Å². The maximum absolute atomic E-state index is 4.55. The van der Waals surface area contributed by atoms with Crippen molar-refractivity contribution in [2.75, 3.05) is 0 Å². The fourth-order valence-electron chi connectivity index (χ4n) is 2.27. The molecule has 0 aliphatic rings. The van der Waals surface area contributed by atoms with Crippen LogP contribution in [0.25, 0.3) is 22.6 Å². The van der Waals surface area contributed by atoms with E-state index in [0.717, 1.165) is 28.1 Å². The quantitative estimate of drug-likeness (QED) is 0.715. The van der Waals surface area contributed by atoms with Gasteiger partial charge in [0.25, 0.3) is 0 Å². The number of nitrogens with zero attached hydrogens (tertiary/aromatic N) is 2. The smallest absolute Gasteiger partial charge is 0.178 e. The zero-order valence-corrected chi connectivity index (χ0v) is 12.4. The van der Waals surface area contributed by atoms with Crippen molar-refractivity contribution in [2.24, 2.45) is 0 Å². The summed E-state index contributed by atoms with van der Waals surface area (Å²) in [4.78, 5) is 12.2. The Morgan fingerprint density at radius 2 is 1.75 bits per heavy atom. The SMILES string of the molecule is Cc1cnc2nc(-c3ccc(C(C)(C)C)cc3)[nH]c2c1. The molecule has 0 spiro atoms. The Morgan fingerprint density at radius 3 is 2.40 bits per heavy atom. The highest BCUT2D eigenvalue weighted by atomic mass is 15.0. The van der Waals surface area contributed by atoms with Gasteiger partial charge in [0, 0.05) is 11.8 Å². The molecule has 0 bridgehead atoms. The van der Waals surface area contributed by atoms with E-state index >= 15 is 0 Å². The Hall–Kier alpha value is -2.16. The van der Waals surface area contributed by atoms with Crippen LogP contribution in [-0.2, 0) is 5.41 Å². The van der Waals surface area contributed by atoms with Gasteiger partial charge < -0.3 is 4.98 Å². The molecule has 2 aromatic heterocycles. The van der Waals surface area contributed by atoms with E-state index in [4.69, 9.17) is 0 Å². The molecule has 0 radical (unpaired) electrons. The Balaban J connectivity index is 2.02. The molecule has 2 heterocycles. The zero-order chi connectivity index (χ0) is 14.3. The lowest BCUT2D eigenvalue weighted by atomic mass is 9.87. The van der Waals surface area contributed by atoms with Crippen molar-refractivity contribution in [3.8, 4) is 11.4 Å². The van der Waals surface area contributed by atoms with Crippen LogP contribution >= 0.6 is 0 Å². The second kappa shape index (κ2) is 4.44. The predicted molar refractivity (Wildman–Crippen MR) is 82.8 cm³/mol. The number of fused-ring (bicyclic) bond motifs is 1. The highest BCUT2D eigenvalue weighted by Gasteiger charge is 2.14. The van der Waals surface area contributed by atoms with Gasteiger partial charge in [0.05, 0.1) is 5.52 Å². The molecule has 0 fully saturated rings. The summed E-state index contributed by atoms with van der Waals surface area (Å²) in [6, 6.07) is 10.6. The first-order chi connectivity index (χ1) is 9.43. The summed E-state index contributed by atoms with van der Waals surface area (Å²) in [5.74, 6) is 0.874. The highest BCUT2D eigenvalue weighted by Crippen LogP contribution is 2.25. The lowest BCUT2D eigenvalue weighted by molar-refractivity contribution is 0.590. The normalized spacial score (nSPS) is 12.0. The molecule has 0 saturated heterocycles. The Bertz CT molecular complexity index is 746. The molecule has 20 heavy (non-hydrogen) atoms. The standard InChI is InChI=1S/C17H19N3/c1-11-9-14-16(18-10-11)20-15(19-14)12-5-7-13(8-6-12)17(2,3)4/h5-10H,1-4H3,(H,18,19,20). The maximum Gasteiger partial charge on any atom is 0.178 e. The molecule has 0 amide bonds. The van der Waals surface area contributed by atoms with E-state index in [2.05, 4.69) is 66.1 Å². The molecule has 0 unspecified atom stereocenters.